The lowest BCUT2D eigenvalue weighted by atomic mass is 9.80. The molecule has 0 N–H and O–H groups in total. The molecule has 0 radical (unpaired) electrons. The average molecular weight is 467 g/mol. The van der Waals surface area contributed by atoms with Crippen molar-refractivity contribution in [2.45, 2.75) is 98.6 Å². The number of benzene rings is 2. The van der Waals surface area contributed by atoms with Gasteiger partial charge in [0, 0.05) is 5.41 Å². The fourth-order valence-electron chi connectivity index (χ4n) is 5.46. The molecular formula is C31H47OP. The van der Waals surface area contributed by atoms with Crippen molar-refractivity contribution in [1.29, 1.82) is 0 Å². The van der Waals surface area contributed by atoms with Crippen molar-refractivity contribution in [3.05, 3.63) is 53.1 Å². The molecule has 1 saturated carbocycles. The van der Waals surface area contributed by atoms with Crippen molar-refractivity contribution < 1.29 is 4.74 Å². The van der Waals surface area contributed by atoms with Crippen molar-refractivity contribution >= 4 is 9.24 Å². The summed E-state index contributed by atoms with van der Waals surface area (Å²) in [4.78, 5) is 0. The van der Waals surface area contributed by atoms with Crippen molar-refractivity contribution in [1.82, 2.24) is 0 Å². The lowest BCUT2D eigenvalue weighted by molar-refractivity contribution is 0.127. The second-order valence-corrected chi connectivity index (χ2v) is 11.1. The van der Waals surface area contributed by atoms with Gasteiger partial charge in [-0.05, 0) is 97.0 Å². The number of ether oxygens (including phenoxy) is 1. The molecule has 0 spiro atoms. The highest BCUT2D eigenvalue weighted by Crippen LogP contribution is 2.36. The van der Waals surface area contributed by atoms with E-state index in [4.69, 9.17) is 4.74 Å². The Labute approximate surface area is 206 Å². The Balaban J connectivity index is 1.68. The van der Waals surface area contributed by atoms with Crippen molar-refractivity contribution in [2.75, 3.05) is 6.61 Å². The third kappa shape index (κ3) is 6.85. The fraction of sp³-hybridized carbons (Fsp3) is 0.613. The lowest BCUT2D eigenvalue weighted by Crippen LogP contribution is -2.26. The first kappa shape index (κ1) is 26.3. The molecule has 0 aliphatic heterocycles. The summed E-state index contributed by atoms with van der Waals surface area (Å²) in [6, 6.07) is 14.0. The van der Waals surface area contributed by atoms with Crippen molar-refractivity contribution in [3.63, 3.8) is 0 Å². The molecule has 2 aromatic carbocycles. The SMILES string of the molecule is CCC(CC)(CC)COc1cc(C)c(-c2ccc(CCC3CCC(C)CC3)cc2)cc1CP. The predicted octanol–water partition coefficient (Wildman–Crippen LogP) is 9.39. The maximum Gasteiger partial charge on any atom is 0.123 e. The summed E-state index contributed by atoms with van der Waals surface area (Å²) in [7, 11) is 2.89. The van der Waals surface area contributed by atoms with Crippen LogP contribution in [0.5, 0.6) is 5.75 Å². The van der Waals surface area contributed by atoms with Gasteiger partial charge in [0.2, 0.25) is 0 Å². The number of hydrogen-bond acceptors (Lipinski definition) is 1. The molecule has 3 rings (SSSR count). The minimum atomic E-state index is 0.288. The standard InChI is InChI=1S/C31H47OP/c1-6-31(7-2,8-3)22-32-30-19-24(5)29(20-28(30)21-33)27-17-15-26(16-18-27)14-13-25-11-9-23(4)10-12-25/h15-20,23,25H,6-14,21-22,33H2,1-5H3. The molecule has 0 saturated heterocycles. The minimum Gasteiger partial charge on any atom is -0.493 e. The van der Waals surface area contributed by atoms with Gasteiger partial charge in [-0.3, -0.25) is 0 Å². The summed E-state index contributed by atoms with van der Waals surface area (Å²) in [6.45, 7) is 12.3. The smallest absolute Gasteiger partial charge is 0.123 e. The van der Waals surface area contributed by atoms with E-state index in [1.807, 2.05) is 0 Å². The molecule has 1 atom stereocenters. The zero-order chi connectivity index (χ0) is 23.8. The summed E-state index contributed by atoms with van der Waals surface area (Å²) in [5.74, 6) is 2.94. The lowest BCUT2D eigenvalue weighted by Gasteiger charge is -2.30. The van der Waals surface area contributed by atoms with Gasteiger partial charge < -0.3 is 4.74 Å². The van der Waals surface area contributed by atoms with Crippen LogP contribution in [0.3, 0.4) is 0 Å². The Kier molecular flexibility index (Phi) is 9.87. The zero-order valence-electron chi connectivity index (χ0n) is 21.9. The van der Waals surface area contributed by atoms with Gasteiger partial charge in [-0.25, -0.2) is 0 Å². The van der Waals surface area contributed by atoms with Gasteiger partial charge >= 0.3 is 0 Å². The maximum absolute atomic E-state index is 6.44. The molecule has 1 fully saturated rings. The van der Waals surface area contributed by atoms with Crippen LogP contribution < -0.4 is 4.74 Å². The summed E-state index contributed by atoms with van der Waals surface area (Å²) in [6.07, 6.45) is 12.7. The van der Waals surface area contributed by atoms with E-state index in [0.29, 0.717) is 0 Å². The largest absolute Gasteiger partial charge is 0.493 e. The van der Waals surface area contributed by atoms with E-state index in [0.717, 1.165) is 30.4 Å². The van der Waals surface area contributed by atoms with Gasteiger partial charge in [-0.2, -0.15) is 0 Å². The normalized spacial score (nSPS) is 19.0. The Morgan fingerprint density at radius 2 is 1.58 bits per heavy atom. The number of hydrogen-bond donors (Lipinski definition) is 0. The van der Waals surface area contributed by atoms with E-state index in [2.05, 4.69) is 80.3 Å². The second kappa shape index (κ2) is 12.4. The van der Waals surface area contributed by atoms with Crippen LogP contribution in [0.4, 0.5) is 0 Å². The van der Waals surface area contributed by atoms with Gasteiger partial charge in [0.05, 0.1) is 6.61 Å². The van der Waals surface area contributed by atoms with E-state index >= 15 is 0 Å². The quantitative estimate of drug-likeness (QED) is 0.300. The van der Waals surface area contributed by atoms with Gasteiger partial charge in [0.25, 0.3) is 0 Å². The summed E-state index contributed by atoms with van der Waals surface area (Å²) in [5, 5.41) is 0. The monoisotopic (exact) mass is 466 g/mol. The predicted molar refractivity (Wildman–Crippen MR) is 148 cm³/mol. The van der Waals surface area contributed by atoms with Crippen LogP contribution in [0, 0.1) is 24.2 Å². The van der Waals surface area contributed by atoms with Gasteiger partial charge in [-0.1, -0.05) is 77.6 Å². The summed E-state index contributed by atoms with van der Waals surface area (Å²) in [5.41, 5.74) is 7.01. The second-order valence-electron chi connectivity index (χ2n) is 10.7. The first-order valence-electron chi connectivity index (χ1n) is 13.5. The molecule has 182 valence electrons. The Morgan fingerprint density at radius 3 is 2.15 bits per heavy atom. The topological polar surface area (TPSA) is 9.23 Å². The third-order valence-electron chi connectivity index (χ3n) is 8.65. The Bertz CT molecular complexity index is 849. The van der Waals surface area contributed by atoms with Crippen LogP contribution >= 0.6 is 9.24 Å². The molecule has 1 nitrogen and oxygen atoms in total. The number of rotatable bonds is 11. The van der Waals surface area contributed by atoms with Crippen LogP contribution in [-0.2, 0) is 12.6 Å². The molecule has 0 amide bonds. The molecule has 1 aliphatic rings. The molecule has 0 bridgehead atoms. The van der Waals surface area contributed by atoms with Gasteiger partial charge in [0.1, 0.15) is 5.75 Å². The Morgan fingerprint density at radius 1 is 0.939 bits per heavy atom. The highest BCUT2D eigenvalue weighted by molar-refractivity contribution is 7.15. The van der Waals surface area contributed by atoms with Gasteiger partial charge in [0.15, 0.2) is 0 Å². The fourth-order valence-corrected chi connectivity index (χ4v) is 5.78. The first-order chi connectivity index (χ1) is 15.9. The van der Waals surface area contributed by atoms with Crippen LogP contribution in [-0.4, -0.2) is 6.61 Å². The van der Waals surface area contributed by atoms with E-state index in [1.165, 1.54) is 85.6 Å². The molecule has 0 heterocycles. The van der Waals surface area contributed by atoms with E-state index < -0.39 is 0 Å². The average Bonchev–Trinajstić information content (AvgIpc) is 2.85. The van der Waals surface area contributed by atoms with Crippen LogP contribution in [0.2, 0.25) is 0 Å². The van der Waals surface area contributed by atoms with Crippen LogP contribution in [0.1, 0.15) is 95.8 Å². The molecular weight excluding hydrogens is 419 g/mol. The molecule has 0 aromatic heterocycles. The highest BCUT2D eigenvalue weighted by Gasteiger charge is 2.25. The zero-order valence-corrected chi connectivity index (χ0v) is 23.0. The maximum atomic E-state index is 6.44. The minimum absolute atomic E-state index is 0.288. The summed E-state index contributed by atoms with van der Waals surface area (Å²) < 4.78 is 6.44. The van der Waals surface area contributed by atoms with Crippen molar-refractivity contribution in [3.8, 4) is 16.9 Å². The molecule has 2 aromatic rings. The molecule has 1 unspecified atom stereocenters. The van der Waals surface area contributed by atoms with Gasteiger partial charge in [-0.15, -0.1) is 9.24 Å². The molecule has 2 heteroatoms. The van der Waals surface area contributed by atoms with Crippen molar-refractivity contribution in [2.24, 2.45) is 17.3 Å². The van der Waals surface area contributed by atoms with Crippen LogP contribution in [0.25, 0.3) is 11.1 Å². The molecule has 1 aliphatic carbocycles. The highest BCUT2D eigenvalue weighted by atomic mass is 31.0. The van der Waals surface area contributed by atoms with E-state index in [-0.39, 0.29) is 5.41 Å². The van der Waals surface area contributed by atoms with E-state index in [1.54, 1.807) is 0 Å². The molecule has 33 heavy (non-hydrogen) atoms. The van der Waals surface area contributed by atoms with Crippen LogP contribution in [0.15, 0.2) is 36.4 Å². The summed E-state index contributed by atoms with van der Waals surface area (Å²) >= 11 is 0. The third-order valence-corrected chi connectivity index (χ3v) is 9.09. The first-order valence-corrected chi connectivity index (χ1v) is 14.3. The van der Waals surface area contributed by atoms with E-state index in [9.17, 15) is 0 Å². The number of aryl methyl sites for hydroxylation is 2. The Hall–Kier alpha value is -1.33.